The van der Waals surface area contributed by atoms with Crippen molar-refractivity contribution in [2.45, 2.75) is 50.6 Å². The Bertz CT molecular complexity index is 424. The van der Waals surface area contributed by atoms with E-state index in [4.69, 9.17) is 0 Å². The lowest BCUT2D eigenvalue weighted by atomic mass is 10.0. The third-order valence-electron chi connectivity index (χ3n) is 5.23. The number of benzene rings is 1. The molecular formula is C19H30N2O. The maximum atomic E-state index is 9.21. The van der Waals surface area contributed by atoms with Gasteiger partial charge in [-0.15, -0.1) is 0 Å². The predicted octanol–water partition coefficient (Wildman–Crippen LogP) is 2.44. The SMILES string of the molecule is OCCC(NC1CCN(CCc2ccccc2)CC1)C1CC1. The molecule has 2 fully saturated rings. The molecule has 0 bridgehead atoms. The van der Waals surface area contributed by atoms with Crippen LogP contribution in [-0.2, 0) is 6.42 Å². The number of likely N-dealkylation sites (tertiary alicyclic amines) is 1. The van der Waals surface area contributed by atoms with E-state index in [9.17, 15) is 5.11 Å². The van der Waals surface area contributed by atoms with E-state index in [0.717, 1.165) is 18.8 Å². The van der Waals surface area contributed by atoms with E-state index < -0.39 is 0 Å². The summed E-state index contributed by atoms with van der Waals surface area (Å²) in [5.74, 6) is 0.836. The molecule has 0 spiro atoms. The van der Waals surface area contributed by atoms with Gasteiger partial charge in [0, 0.05) is 25.2 Å². The molecule has 1 aliphatic carbocycles. The summed E-state index contributed by atoms with van der Waals surface area (Å²) in [6, 6.07) is 12.0. The first-order chi connectivity index (χ1) is 10.8. The van der Waals surface area contributed by atoms with E-state index in [1.54, 1.807) is 0 Å². The number of hydrogen-bond acceptors (Lipinski definition) is 3. The monoisotopic (exact) mass is 302 g/mol. The van der Waals surface area contributed by atoms with E-state index in [-0.39, 0.29) is 0 Å². The highest BCUT2D eigenvalue weighted by Gasteiger charge is 2.32. The maximum Gasteiger partial charge on any atom is 0.0445 e. The molecule has 2 N–H and O–H groups in total. The van der Waals surface area contributed by atoms with E-state index in [1.165, 1.54) is 50.9 Å². The highest BCUT2D eigenvalue weighted by atomic mass is 16.3. The van der Waals surface area contributed by atoms with Crippen molar-refractivity contribution >= 4 is 0 Å². The molecule has 0 aromatic heterocycles. The second-order valence-corrected chi connectivity index (χ2v) is 6.97. The van der Waals surface area contributed by atoms with Crippen molar-refractivity contribution in [1.29, 1.82) is 0 Å². The molecule has 1 aromatic carbocycles. The Hall–Kier alpha value is -0.900. The Balaban J connectivity index is 1.36. The third kappa shape index (κ3) is 4.80. The van der Waals surface area contributed by atoms with Crippen LogP contribution < -0.4 is 5.32 Å². The van der Waals surface area contributed by atoms with Crippen LogP contribution in [-0.4, -0.2) is 48.3 Å². The van der Waals surface area contributed by atoms with Crippen LogP contribution in [0.3, 0.4) is 0 Å². The van der Waals surface area contributed by atoms with Crippen molar-refractivity contribution in [3.8, 4) is 0 Å². The highest BCUT2D eigenvalue weighted by molar-refractivity contribution is 5.14. The summed E-state index contributed by atoms with van der Waals surface area (Å²) in [5, 5.41) is 13.0. The summed E-state index contributed by atoms with van der Waals surface area (Å²) < 4.78 is 0. The van der Waals surface area contributed by atoms with Gasteiger partial charge in [-0.3, -0.25) is 0 Å². The number of piperidine rings is 1. The molecule has 0 radical (unpaired) electrons. The Morgan fingerprint density at radius 2 is 1.82 bits per heavy atom. The van der Waals surface area contributed by atoms with E-state index in [2.05, 4.69) is 40.5 Å². The van der Waals surface area contributed by atoms with Crippen LogP contribution >= 0.6 is 0 Å². The van der Waals surface area contributed by atoms with Crippen LogP contribution in [0.1, 0.15) is 37.7 Å². The molecule has 3 rings (SSSR count). The summed E-state index contributed by atoms with van der Waals surface area (Å²) in [7, 11) is 0. The van der Waals surface area contributed by atoms with Crippen LogP contribution in [0, 0.1) is 5.92 Å². The van der Waals surface area contributed by atoms with Gasteiger partial charge in [0.1, 0.15) is 0 Å². The molecule has 1 saturated heterocycles. The zero-order valence-corrected chi connectivity index (χ0v) is 13.6. The molecule has 1 unspecified atom stereocenters. The fourth-order valence-corrected chi connectivity index (χ4v) is 3.65. The van der Waals surface area contributed by atoms with Gasteiger partial charge < -0.3 is 15.3 Å². The quantitative estimate of drug-likeness (QED) is 0.774. The minimum absolute atomic E-state index is 0.323. The van der Waals surface area contributed by atoms with Crippen molar-refractivity contribution in [3.05, 3.63) is 35.9 Å². The molecule has 1 heterocycles. The molecular weight excluding hydrogens is 272 g/mol. The minimum Gasteiger partial charge on any atom is -0.396 e. The Morgan fingerprint density at radius 1 is 1.09 bits per heavy atom. The first-order valence-electron chi connectivity index (χ1n) is 8.98. The first-order valence-corrected chi connectivity index (χ1v) is 8.98. The predicted molar refractivity (Wildman–Crippen MR) is 91.0 cm³/mol. The lowest BCUT2D eigenvalue weighted by molar-refractivity contribution is 0.180. The number of hydrogen-bond donors (Lipinski definition) is 2. The van der Waals surface area contributed by atoms with Gasteiger partial charge in [-0.25, -0.2) is 0 Å². The summed E-state index contributed by atoms with van der Waals surface area (Å²) in [6.45, 7) is 3.92. The van der Waals surface area contributed by atoms with Gasteiger partial charge in [-0.2, -0.15) is 0 Å². The van der Waals surface area contributed by atoms with E-state index in [1.807, 2.05) is 0 Å². The zero-order chi connectivity index (χ0) is 15.2. The molecule has 0 amide bonds. The summed E-state index contributed by atoms with van der Waals surface area (Å²) in [5.41, 5.74) is 1.44. The number of rotatable bonds is 8. The van der Waals surface area contributed by atoms with Crippen molar-refractivity contribution in [2.75, 3.05) is 26.2 Å². The molecule has 122 valence electrons. The Morgan fingerprint density at radius 3 is 2.45 bits per heavy atom. The second kappa shape index (κ2) is 8.09. The smallest absolute Gasteiger partial charge is 0.0445 e. The number of nitrogens with zero attached hydrogens (tertiary/aromatic N) is 1. The number of aliphatic hydroxyl groups excluding tert-OH is 1. The standard InChI is InChI=1S/C19H30N2O/c22-15-11-19(17-6-7-17)20-18-9-13-21(14-10-18)12-8-16-4-2-1-3-5-16/h1-5,17-20,22H,6-15H2. The van der Waals surface area contributed by atoms with Crippen LogP contribution in [0.5, 0.6) is 0 Å². The molecule has 1 saturated carbocycles. The molecule has 1 aliphatic heterocycles. The first kappa shape index (κ1) is 16.0. The highest BCUT2D eigenvalue weighted by Crippen LogP contribution is 2.34. The number of aliphatic hydroxyl groups is 1. The largest absolute Gasteiger partial charge is 0.396 e. The molecule has 1 atom stereocenters. The molecule has 1 aromatic rings. The average molecular weight is 302 g/mol. The normalized spacial score (nSPS) is 21.9. The average Bonchev–Trinajstić information content (AvgIpc) is 3.40. The molecule has 22 heavy (non-hydrogen) atoms. The Kier molecular flexibility index (Phi) is 5.88. The van der Waals surface area contributed by atoms with Gasteiger partial charge in [-0.05, 0) is 63.1 Å². The van der Waals surface area contributed by atoms with Crippen molar-refractivity contribution < 1.29 is 5.11 Å². The molecule has 2 aliphatic rings. The molecule has 3 nitrogen and oxygen atoms in total. The second-order valence-electron chi connectivity index (χ2n) is 6.97. The van der Waals surface area contributed by atoms with E-state index in [0.29, 0.717) is 18.7 Å². The topological polar surface area (TPSA) is 35.5 Å². The summed E-state index contributed by atoms with van der Waals surface area (Å²) >= 11 is 0. The molecule has 3 heteroatoms. The van der Waals surface area contributed by atoms with Gasteiger partial charge in [-0.1, -0.05) is 30.3 Å². The fourth-order valence-electron chi connectivity index (χ4n) is 3.65. The lowest BCUT2D eigenvalue weighted by Crippen LogP contribution is -2.47. The van der Waals surface area contributed by atoms with Crippen molar-refractivity contribution in [2.24, 2.45) is 5.92 Å². The van der Waals surface area contributed by atoms with Gasteiger partial charge in [0.2, 0.25) is 0 Å². The minimum atomic E-state index is 0.323. The van der Waals surface area contributed by atoms with Crippen LogP contribution in [0.4, 0.5) is 0 Å². The maximum absolute atomic E-state index is 9.21. The van der Waals surface area contributed by atoms with Crippen molar-refractivity contribution in [3.63, 3.8) is 0 Å². The van der Waals surface area contributed by atoms with Gasteiger partial charge in [0.15, 0.2) is 0 Å². The van der Waals surface area contributed by atoms with Crippen LogP contribution in [0.25, 0.3) is 0 Å². The van der Waals surface area contributed by atoms with E-state index >= 15 is 0 Å². The fraction of sp³-hybridized carbons (Fsp3) is 0.684. The van der Waals surface area contributed by atoms with Gasteiger partial charge in [0.25, 0.3) is 0 Å². The zero-order valence-electron chi connectivity index (χ0n) is 13.6. The number of nitrogens with one attached hydrogen (secondary N) is 1. The van der Waals surface area contributed by atoms with Crippen LogP contribution in [0.2, 0.25) is 0 Å². The van der Waals surface area contributed by atoms with Crippen molar-refractivity contribution in [1.82, 2.24) is 10.2 Å². The van der Waals surface area contributed by atoms with Crippen LogP contribution in [0.15, 0.2) is 30.3 Å². The third-order valence-corrected chi connectivity index (χ3v) is 5.23. The van der Waals surface area contributed by atoms with Gasteiger partial charge in [0.05, 0.1) is 0 Å². The summed E-state index contributed by atoms with van der Waals surface area (Å²) in [4.78, 5) is 2.60. The Labute approximate surface area is 134 Å². The van der Waals surface area contributed by atoms with Gasteiger partial charge >= 0.3 is 0 Å². The lowest BCUT2D eigenvalue weighted by Gasteiger charge is -2.34. The summed E-state index contributed by atoms with van der Waals surface area (Å²) in [6.07, 6.45) is 7.31.